The lowest BCUT2D eigenvalue weighted by Gasteiger charge is -2.17. The van der Waals surface area contributed by atoms with Crippen molar-refractivity contribution in [2.75, 3.05) is 13.7 Å². The fourth-order valence-electron chi connectivity index (χ4n) is 1.85. The number of methoxy groups -OCH3 is 1. The molecule has 1 atom stereocenters. The van der Waals surface area contributed by atoms with Gasteiger partial charge in [-0.2, -0.15) is 0 Å². The summed E-state index contributed by atoms with van der Waals surface area (Å²) in [6, 6.07) is 5.01. The van der Waals surface area contributed by atoms with Gasteiger partial charge in [0.2, 0.25) is 5.91 Å². The third-order valence-electron chi connectivity index (χ3n) is 3.17. The highest BCUT2D eigenvalue weighted by atomic mass is 16.5. The molecule has 1 aromatic rings. The fraction of sp³-hybridized carbons (Fsp3) is 0.500. The van der Waals surface area contributed by atoms with Crippen molar-refractivity contribution in [1.82, 2.24) is 5.32 Å². The van der Waals surface area contributed by atoms with Gasteiger partial charge in [0.25, 0.3) is 0 Å². The third kappa shape index (κ3) is 3.85. The van der Waals surface area contributed by atoms with E-state index in [9.17, 15) is 4.79 Å². The van der Waals surface area contributed by atoms with E-state index in [2.05, 4.69) is 5.32 Å². The summed E-state index contributed by atoms with van der Waals surface area (Å²) in [5, 5.41) is 12.2. The molecule has 2 rings (SSSR count). The number of hydrogen-bond acceptors (Lipinski definition) is 5. The maximum absolute atomic E-state index is 11.4. The molecule has 1 saturated carbocycles. The van der Waals surface area contributed by atoms with Gasteiger partial charge in [0.1, 0.15) is 12.6 Å². The minimum absolute atomic E-state index is 0.0657. The highest BCUT2D eigenvalue weighted by molar-refractivity contribution is 5.80. The molecule has 0 aliphatic heterocycles. The lowest BCUT2D eigenvalue weighted by Crippen LogP contribution is -2.46. The van der Waals surface area contributed by atoms with Gasteiger partial charge in [-0.3, -0.25) is 4.79 Å². The number of amides is 1. The third-order valence-corrected chi connectivity index (χ3v) is 3.17. The van der Waals surface area contributed by atoms with Crippen LogP contribution in [-0.2, 0) is 11.4 Å². The number of carbonyl (C=O) groups is 1. The van der Waals surface area contributed by atoms with Gasteiger partial charge >= 0.3 is 0 Å². The van der Waals surface area contributed by atoms with Gasteiger partial charge in [-0.15, -0.1) is 0 Å². The van der Waals surface area contributed by atoms with Crippen molar-refractivity contribution >= 4 is 5.91 Å². The van der Waals surface area contributed by atoms with Gasteiger partial charge in [0.15, 0.2) is 11.5 Å². The largest absolute Gasteiger partial charge is 0.493 e. The smallest absolute Gasteiger partial charge is 0.238 e. The first-order valence-electron chi connectivity index (χ1n) is 6.60. The number of rotatable bonds is 8. The van der Waals surface area contributed by atoms with Gasteiger partial charge < -0.3 is 25.6 Å². The highest BCUT2D eigenvalue weighted by Crippen LogP contribution is 2.28. The maximum Gasteiger partial charge on any atom is 0.238 e. The van der Waals surface area contributed by atoms with Gasteiger partial charge in [-0.05, 0) is 30.5 Å². The standard InChI is InChI=1S/C14H20N2O4/c1-19-13-6-9(7-17)2-5-12(13)20-8-11(14(15)18)16-10-3-4-10/h2,5-6,10-11,16-17H,3-4,7-8H2,1H3,(H2,15,18). The van der Waals surface area contributed by atoms with Crippen LogP contribution in [0.2, 0.25) is 0 Å². The number of benzene rings is 1. The Hall–Kier alpha value is -1.79. The predicted molar refractivity (Wildman–Crippen MR) is 73.6 cm³/mol. The van der Waals surface area contributed by atoms with E-state index in [-0.39, 0.29) is 13.2 Å². The number of carbonyl (C=O) groups excluding carboxylic acids is 1. The molecule has 20 heavy (non-hydrogen) atoms. The molecule has 0 heterocycles. The molecule has 0 radical (unpaired) electrons. The summed E-state index contributed by atoms with van der Waals surface area (Å²) in [5.74, 6) is 0.614. The molecule has 1 fully saturated rings. The SMILES string of the molecule is COc1cc(CO)ccc1OCC(NC1CC1)C(N)=O. The Morgan fingerprint density at radius 2 is 2.25 bits per heavy atom. The van der Waals surface area contributed by atoms with Gasteiger partial charge in [0, 0.05) is 6.04 Å². The van der Waals surface area contributed by atoms with E-state index in [4.69, 9.17) is 20.3 Å². The molecule has 0 aromatic heterocycles. The van der Waals surface area contributed by atoms with Gasteiger partial charge in [-0.25, -0.2) is 0 Å². The maximum atomic E-state index is 11.4. The summed E-state index contributed by atoms with van der Waals surface area (Å²) in [7, 11) is 1.53. The van der Waals surface area contributed by atoms with Crippen LogP contribution in [0.5, 0.6) is 11.5 Å². The zero-order valence-electron chi connectivity index (χ0n) is 11.5. The van der Waals surface area contributed by atoms with E-state index < -0.39 is 11.9 Å². The topological polar surface area (TPSA) is 93.8 Å². The Morgan fingerprint density at radius 1 is 1.50 bits per heavy atom. The van der Waals surface area contributed by atoms with Crippen molar-refractivity contribution < 1.29 is 19.4 Å². The molecule has 1 unspecified atom stereocenters. The average Bonchev–Trinajstić information content (AvgIpc) is 3.26. The molecule has 6 heteroatoms. The molecular formula is C14H20N2O4. The van der Waals surface area contributed by atoms with Crippen LogP contribution in [0.1, 0.15) is 18.4 Å². The minimum atomic E-state index is -0.510. The van der Waals surface area contributed by atoms with E-state index in [1.807, 2.05) is 0 Å². The summed E-state index contributed by atoms with van der Waals surface area (Å²) >= 11 is 0. The van der Waals surface area contributed by atoms with Crippen molar-refractivity contribution in [3.8, 4) is 11.5 Å². The summed E-state index contributed by atoms with van der Waals surface area (Å²) in [6.07, 6.45) is 2.14. The molecule has 0 saturated heterocycles. The lowest BCUT2D eigenvalue weighted by molar-refractivity contribution is -0.120. The van der Waals surface area contributed by atoms with E-state index in [0.29, 0.717) is 17.5 Å². The lowest BCUT2D eigenvalue weighted by atomic mass is 10.2. The van der Waals surface area contributed by atoms with Crippen LogP contribution < -0.4 is 20.5 Å². The quantitative estimate of drug-likeness (QED) is 0.631. The van der Waals surface area contributed by atoms with Gasteiger partial charge in [-0.1, -0.05) is 6.07 Å². The Labute approximate surface area is 117 Å². The van der Waals surface area contributed by atoms with Crippen molar-refractivity contribution in [2.45, 2.75) is 31.5 Å². The molecule has 1 aromatic carbocycles. The number of aliphatic hydroxyl groups excluding tert-OH is 1. The van der Waals surface area contributed by atoms with Crippen molar-refractivity contribution in [1.29, 1.82) is 0 Å². The van der Waals surface area contributed by atoms with Crippen LogP contribution in [-0.4, -0.2) is 36.8 Å². The monoisotopic (exact) mass is 280 g/mol. The Balaban J connectivity index is 1.99. The average molecular weight is 280 g/mol. The molecule has 1 aliphatic carbocycles. The zero-order chi connectivity index (χ0) is 14.5. The van der Waals surface area contributed by atoms with Crippen LogP contribution >= 0.6 is 0 Å². The van der Waals surface area contributed by atoms with E-state index in [1.54, 1.807) is 18.2 Å². The molecule has 1 aliphatic rings. The molecular weight excluding hydrogens is 260 g/mol. The van der Waals surface area contributed by atoms with E-state index in [1.165, 1.54) is 7.11 Å². The fourth-order valence-corrected chi connectivity index (χ4v) is 1.85. The van der Waals surface area contributed by atoms with E-state index in [0.717, 1.165) is 18.4 Å². The molecule has 0 bridgehead atoms. The van der Waals surface area contributed by atoms with Crippen molar-refractivity contribution in [2.24, 2.45) is 5.73 Å². The van der Waals surface area contributed by atoms with Crippen LogP contribution in [0.4, 0.5) is 0 Å². The van der Waals surface area contributed by atoms with Crippen LogP contribution in [0.15, 0.2) is 18.2 Å². The summed E-state index contributed by atoms with van der Waals surface area (Å²) in [5.41, 5.74) is 6.08. The highest BCUT2D eigenvalue weighted by Gasteiger charge is 2.27. The molecule has 1 amide bonds. The van der Waals surface area contributed by atoms with Crippen LogP contribution in [0, 0.1) is 0 Å². The number of hydrogen-bond donors (Lipinski definition) is 3. The first kappa shape index (κ1) is 14.6. The van der Waals surface area contributed by atoms with Crippen LogP contribution in [0.25, 0.3) is 0 Å². The summed E-state index contributed by atoms with van der Waals surface area (Å²) < 4.78 is 10.8. The van der Waals surface area contributed by atoms with Crippen LogP contribution in [0.3, 0.4) is 0 Å². The molecule has 0 spiro atoms. The number of ether oxygens (including phenoxy) is 2. The first-order chi connectivity index (χ1) is 9.63. The van der Waals surface area contributed by atoms with Gasteiger partial charge in [0.05, 0.1) is 13.7 Å². The predicted octanol–water partition coefficient (Wildman–Crippen LogP) is 0.172. The second kappa shape index (κ2) is 6.58. The Bertz CT molecular complexity index is 474. The summed E-state index contributed by atoms with van der Waals surface area (Å²) in [6.45, 7) is 0.0877. The summed E-state index contributed by atoms with van der Waals surface area (Å²) in [4.78, 5) is 11.4. The molecule has 4 N–H and O–H groups in total. The van der Waals surface area contributed by atoms with E-state index >= 15 is 0 Å². The molecule has 110 valence electrons. The number of aliphatic hydroxyl groups is 1. The number of nitrogens with one attached hydrogen (secondary N) is 1. The second-order valence-electron chi connectivity index (χ2n) is 4.85. The first-order valence-corrected chi connectivity index (χ1v) is 6.60. The normalized spacial score (nSPS) is 15.7. The Kier molecular flexibility index (Phi) is 4.81. The number of nitrogens with two attached hydrogens (primary N) is 1. The van der Waals surface area contributed by atoms with Crippen molar-refractivity contribution in [3.63, 3.8) is 0 Å². The van der Waals surface area contributed by atoms with Crippen molar-refractivity contribution in [3.05, 3.63) is 23.8 Å². The minimum Gasteiger partial charge on any atom is -0.493 e. The second-order valence-corrected chi connectivity index (χ2v) is 4.85. The molecule has 6 nitrogen and oxygen atoms in total. The Morgan fingerprint density at radius 3 is 2.80 bits per heavy atom. The zero-order valence-corrected chi connectivity index (χ0v) is 11.5. The number of primary amides is 1.